The molecule has 0 N–H and O–H groups in total. The van der Waals surface area contributed by atoms with Gasteiger partial charge in [-0.25, -0.2) is 0 Å². The van der Waals surface area contributed by atoms with E-state index in [9.17, 15) is 10.1 Å². The summed E-state index contributed by atoms with van der Waals surface area (Å²) < 4.78 is 0. The van der Waals surface area contributed by atoms with Crippen molar-refractivity contribution in [1.29, 1.82) is 5.26 Å². The van der Waals surface area contributed by atoms with Gasteiger partial charge in [-0.05, 0) is 32.1 Å². The van der Waals surface area contributed by atoms with Crippen LogP contribution in [0.15, 0.2) is 18.2 Å². The molecular weight excluding hydrogens is 244 g/mol. The van der Waals surface area contributed by atoms with Gasteiger partial charge < -0.3 is 9.80 Å². The van der Waals surface area contributed by atoms with E-state index in [1.165, 1.54) is 6.07 Å². The van der Waals surface area contributed by atoms with Crippen molar-refractivity contribution in [2.75, 3.05) is 38.1 Å². The predicted octanol–water partition coefficient (Wildman–Crippen LogP) is 1.61. The van der Waals surface area contributed by atoms with Crippen molar-refractivity contribution < 1.29 is 4.92 Å². The van der Waals surface area contributed by atoms with Gasteiger partial charge in [-0.3, -0.25) is 10.1 Å². The second-order valence-electron chi connectivity index (χ2n) is 4.71. The highest BCUT2D eigenvalue weighted by Crippen LogP contribution is 2.25. The number of hydrogen-bond donors (Lipinski definition) is 0. The van der Waals surface area contributed by atoms with Crippen molar-refractivity contribution in [1.82, 2.24) is 4.90 Å². The van der Waals surface area contributed by atoms with Crippen LogP contribution >= 0.6 is 0 Å². The van der Waals surface area contributed by atoms with Crippen LogP contribution in [0.3, 0.4) is 0 Å². The van der Waals surface area contributed by atoms with Gasteiger partial charge in [-0.15, -0.1) is 0 Å². The van der Waals surface area contributed by atoms with Crippen molar-refractivity contribution in [3.8, 4) is 6.07 Å². The SMILES string of the molecule is CN1CCCN(c2ccc([N+](=O)[O-])c(C#N)c2)CC1. The quantitative estimate of drug-likeness (QED) is 0.596. The number of anilines is 1. The van der Waals surface area contributed by atoms with Crippen LogP contribution in [0.2, 0.25) is 0 Å². The first-order valence-electron chi connectivity index (χ1n) is 6.24. The van der Waals surface area contributed by atoms with Gasteiger partial charge in [0, 0.05) is 31.4 Å². The summed E-state index contributed by atoms with van der Waals surface area (Å²) in [5.41, 5.74) is 0.885. The lowest BCUT2D eigenvalue weighted by molar-refractivity contribution is -0.385. The van der Waals surface area contributed by atoms with Crippen molar-refractivity contribution in [2.24, 2.45) is 0 Å². The molecule has 0 amide bonds. The zero-order valence-corrected chi connectivity index (χ0v) is 10.9. The van der Waals surface area contributed by atoms with Crippen LogP contribution in [0.25, 0.3) is 0 Å². The van der Waals surface area contributed by atoms with Crippen LogP contribution < -0.4 is 4.90 Å². The van der Waals surface area contributed by atoms with Gasteiger partial charge in [-0.2, -0.15) is 5.26 Å². The van der Waals surface area contributed by atoms with Crippen LogP contribution in [0, 0.1) is 21.4 Å². The topological polar surface area (TPSA) is 73.4 Å². The van der Waals surface area contributed by atoms with Crippen LogP contribution in [0.1, 0.15) is 12.0 Å². The molecule has 1 saturated heterocycles. The Kier molecular flexibility index (Phi) is 3.97. The Bertz CT molecular complexity index is 524. The van der Waals surface area contributed by atoms with E-state index >= 15 is 0 Å². The van der Waals surface area contributed by atoms with E-state index in [-0.39, 0.29) is 11.3 Å². The number of rotatable bonds is 2. The second kappa shape index (κ2) is 5.67. The molecule has 2 rings (SSSR count). The molecule has 0 saturated carbocycles. The number of likely N-dealkylation sites (N-methyl/N-ethyl adjacent to an activating group) is 1. The highest BCUT2D eigenvalue weighted by molar-refractivity contribution is 5.59. The Balaban J connectivity index is 2.26. The van der Waals surface area contributed by atoms with E-state index in [0.717, 1.165) is 38.3 Å². The molecule has 1 aromatic carbocycles. The summed E-state index contributed by atoms with van der Waals surface area (Å²) in [4.78, 5) is 14.7. The zero-order valence-electron chi connectivity index (χ0n) is 10.9. The molecule has 1 aliphatic rings. The van der Waals surface area contributed by atoms with Gasteiger partial charge in [0.2, 0.25) is 0 Å². The van der Waals surface area contributed by atoms with Gasteiger partial charge >= 0.3 is 0 Å². The van der Waals surface area contributed by atoms with Gasteiger partial charge in [0.1, 0.15) is 11.6 Å². The molecule has 0 radical (unpaired) electrons. The summed E-state index contributed by atoms with van der Waals surface area (Å²) in [6.07, 6.45) is 1.05. The first-order valence-corrected chi connectivity index (χ1v) is 6.24. The van der Waals surface area contributed by atoms with Gasteiger partial charge in [0.05, 0.1) is 4.92 Å². The van der Waals surface area contributed by atoms with Crippen LogP contribution in [0.5, 0.6) is 0 Å². The van der Waals surface area contributed by atoms with Crippen molar-refractivity contribution in [2.45, 2.75) is 6.42 Å². The van der Waals surface area contributed by atoms with Crippen LogP contribution in [-0.2, 0) is 0 Å². The summed E-state index contributed by atoms with van der Waals surface area (Å²) in [7, 11) is 2.08. The Labute approximate surface area is 112 Å². The minimum atomic E-state index is -0.515. The number of benzene rings is 1. The number of nitriles is 1. The summed E-state index contributed by atoms with van der Waals surface area (Å²) >= 11 is 0. The fraction of sp³-hybridized carbons (Fsp3) is 0.462. The second-order valence-corrected chi connectivity index (χ2v) is 4.71. The molecule has 19 heavy (non-hydrogen) atoms. The maximum atomic E-state index is 10.8. The number of nitro groups is 1. The van der Waals surface area contributed by atoms with Crippen LogP contribution in [0.4, 0.5) is 11.4 Å². The Morgan fingerprint density at radius 2 is 2.11 bits per heavy atom. The molecule has 0 bridgehead atoms. The Hall–Kier alpha value is -2.13. The van der Waals surface area contributed by atoms with E-state index < -0.39 is 4.92 Å². The van der Waals surface area contributed by atoms with Crippen molar-refractivity contribution >= 4 is 11.4 Å². The van der Waals surface area contributed by atoms with Gasteiger partial charge in [0.15, 0.2) is 0 Å². The lowest BCUT2D eigenvalue weighted by atomic mass is 10.1. The third-order valence-corrected chi connectivity index (χ3v) is 3.38. The fourth-order valence-corrected chi connectivity index (χ4v) is 2.27. The molecule has 6 heteroatoms. The fourth-order valence-electron chi connectivity index (χ4n) is 2.27. The van der Waals surface area contributed by atoms with E-state index in [4.69, 9.17) is 5.26 Å². The minimum Gasteiger partial charge on any atom is -0.370 e. The molecular formula is C13H16N4O2. The maximum absolute atomic E-state index is 10.8. The summed E-state index contributed by atoms with van der Waals surface area (Å²) in [5, 5.41) is 19.8. The first kappa shape index (κ1) is 13.3. The zero-order chi connectivity index (χ0) is 13.8. The molecule has 1 aliphatic heterocycles. The molecule has 0 aliphatic carbocycles. The highest BCUT2D eigenvalue weighted by atomic mass is 16.6. The van der Waals surface area contributed by atoms with Gasteiger partial charge in [-0.1, -0.05) is 0 Å². The smallest absolute Gasteiger partial charge is 0.287 e. The molecule has 1 heterocycles. The molecule has 0 spiro atoms. The third-order valence-electron chi connectivity index (χ3n) is 3.38. The standard InChI is InChI=1S/C13H16N4O2/c1-15-5-2-6-16(8-7-15)12-3-4-13(17(18)19)11(9-12)10-14/h3-4,9H,2,5-8H2,1H3. The lowest BCUT2D eigenvalue weighted by Gasteiger charge is -2.22. The molecule has 0 aromatic heterocycles. The summed E-state index contributed by atoms with van der Waals surface area (Å²) in [5.74, 6) is 0. The predicted molar refractivity (Wildman–Crippen MR) is 72.1 cm³/mol. The first-order chi connectivity index (χ1) is 9.11. The number of hydrogen-bond acceptors (Lipinski definition) is 5. The Morgan fingerprint density at radius 1 is 1.32 bits per heavy atom. The molecule has 1 fully saturated rings. The van der Waals surface area contributed by atoms with Gasteiger partial charge in [0.25, 0.3) is 5.69 Å². The van der Waals surface area contributed by atoms with Crippen molar-refractivity contribution in [3.05, 3.63) is 33.9 Å². The summed E-state index contributed by atoms with van der Waals surface area (Å²) in [6.45, 7) is 3.79. The average Bonchev–Trinajstić information content (AvgIpc) is 2.62. The van der Waals surface area contributed by atoms with E-state index in [2.05, 4.69) is 16.8 Å². The molecule has 6 nitrogen and oxygen atoms in total. The monoisotopic (exact) mass is 260 g/mol. The minimum absolute atomic E-state index is 0.125. The maximum Gasteiger partial charge on any atom is 0.287 e. The lowest BCUT2D eigenvalue weighted by Crippen LogP contribution is -2.28. The van der Waals surface area contributed by atoms with E-state index in [1.807, 2.05) is 6.07 Å². The highest BCUT2D eigenvalue weighted by Gasteiger charge is 2.18. The van der Waals surface area contributed by atoms with E-state index in [1.54, 1.807) is 12.1 Å². The number of nitro benzene ring substituents is 1. The number of nitrogens with zero attached hydrogens (tertiary/aromatic N) is 4. The van der Waals surface area contributed by atoms with Crippen LogP contribution in [-0.4, -0.2) is 43.0 Å². The van der Waals surface area contributed by atoms with E-state index in [0.29, 0.717) is 0 Å². The molecule has 100 valence electrons. The molecule has 0 unspecified atom stereocenters. The van der Waals surface area contributed by atoms with Crippen molar-refractivity contribution in [3.63, 3.8) is 0 Å². The molecule has 1 aromatic rings. The Morgan fingerprint density at radius 3 is 2.79 bits per heavy atom. The third kappa shape index (κ3) is 3.01. The summed E-state index contributed by atoms with van der Waals surface area (Å²) in [6, 6.07) is 6.66. The normalized spacial score (nSPS) is 16.7. The largest absolute Gasteiger partial charge is 0.370 e. The molecule has 0 atom stereocenters. The average molecular weight is 260 g/mol.